The third-order valence-corrected chi connectivity index (χ3v) is 8.82. The van der Waals surface area contributed by atoms with Crippen molar-refractivity contribution in [2.45, 2.75) is 50.7 Å². The Morgan fingerprint density at radius 1 is 1.19 bits per heavy atom. The molecule has 2 atom stereocenters. The standard InChI is InChI=1S/C35H35ClF4N8O3S/c1-34(2,50)11-9-21-5-6-22(23-7-8-25(36)28-30(23)48(3)46-33(28)47-52(4)51)29(44-21)26(15-18-13-19(37)16-20(38)14-18)45-27(49)17-43-31-24(32(41)42)10-12-35(31,39)40/h5-8,13-14,16,26,43,50H,10,12,15,17H2,1-4H3,(H3,41,42)(H,45,49)(H,46,47). The third kappa shape index (κ3) is 8.72. The zero-order chi connectivity index (χ0) is 38.1. The van der Waals surface area contributed by atoms with Crippen molar-refractivity contribution in [1.82, 2.24) is 25.4 Å². The largest absolute Gasteiger partial charge is 0.384 e. The van der Waals surface area contributed by atoms with Gasteiger partial charge in [-0.3, -0.25) is 19.6 Å². The lowest BCUT2D eigenvalue weighted by molar-refractivity contribution is -0.121. The summed E-state index contributed by atoms with van der Waals surface area (Å²) in [4.78, 5) is 18.3. The maximum absolute atomic E-state index is 14.7. The number of carbonyl (C=O) groups excluding carboxylic acids is 1. The number of alkyl halides is 2. The van der Waals surface area contributed by atoms with Crippen LogP contribution < -0.4 is 21.1 Å². The van der Waals surface area contributed by atoms with Gasteiger partial charge in [0.2, 0.25) is 5.91 Å². The van der Waals surface area contributed by atoms with Crippen LogP contribution in [0.4, 0.5) is 23.4 Å². The number of aliphatic hydroxyl groups is 1. The van der Waals surface area contributed by atoms with Gasteiger partial charge >= 0.3 is 0 Å². The molecular formula is C35H35ClF4N8O3S. The van der Waals surface area contributed by atoms with Crippen LogP contribution in [0.1, 0.15) is 49.7 Å². The number of rotatable bonds is 11. The number of aromatic nitrogens is 3. The molecule has 1 aliphatic rings. The van der Waals surface area contributed by atoms with Gasteiger partial charge < -0.3 is 21.5 Å². The predicted octanol–water partition coefficient (Wildman–Crippen LogP) is 5.00. The van der Waals surface area contributed by atoms with Crippen LogP contribution >= 0.6 is 11.6 Å². The summed E-state index contributed by atoms with van der Waals surface area (Å²) in [6.07, 6.45) is 0.474. The molecule has 0 spiro atoms. The first-order valence-corrected chi connectivity index (χ1v) is 17.7. The molecule has 0 saturated heterocycles. The van der Waals surface area contributed by atoms with E-state index in [2.05, 4.69) is 32.3 Å². The fourth-order valence-electron chi connectivity index (χ4n) is 5.91. The molecule has 0 bridgehead atoms. The molecule has 274 valence electrons. The molecule has 2 unspecified atom stereocenters. The summed E-state index contributed by atoms with van der Waals surface area (Å²) in [6.45, 7) is 2.29. The molecule has 0 radical (unpaired) electrons. The first-order valence-electron chi connectivity index (χ1n) is 15.8. The van der Waals surface area contributed by atoms with E-state index in [4.69, 9.17) is 27.7 Å². The summed E-state index contributed by atoms with van der Waals surface area (Å²) in [6, 6.07) is 8.23. The Morgan fingerprint density at radius 2 is 1.87 bits per heavy atom. The smallest absolute Gasteiger partial charge is 0.288 e. The van der Waals surface area contributed by atoms with E-state index >= 15 is 0 Å². The normalized spacial score (nSPS) is 15.2. The van der Waals surface area contributed by atoms with Gasteiger partial charge in [-0.15, -0.1) is 0 Å². The van der Waals surface area contributed by atoms with Crippen LogP contribution in [0.3, 0.4) is 0 Å². The van der Waals surface area contributed by atoms with Crippen molar-refractivity contribution in [1.29, 1.82) is 5.41 Å². The number of hydrogen-bond donors (Lipinski definition) is 6. The molecule has 0 fully saturated rings. The number of anilines is 1. The van der Waals surface area contributed by atoms with Gasteiger partial charge in [0.25, 0.3) is 5.92 Å². The van der Waals surface area contributed by atoms with Crippen molar-refractivity contribution in [3.05, 3.63) is 87.3 Å². The minimum absolute atomic E-state index is 0.102. The number of nitrogens with one attached hydrogen (secondary N) is 4. The van der Waals surface area contributed by atoms with Gasteiger partial charge in [-0.1, -0.05) is 23.6 Å². The van der Waals surface area contributed by atoms with E-state index in [1.165, 1.54) is 24.8 Å². The molecule has 0 saturated carbocycles. The number of halogens is 5. The van der Waals surface area contributed by atoms with Crippen molar-refractivity contribution in [2.24, 2.45) is 12.8 Å². The van der Waals surface area contributed by atoms with Gasteiger partial charge in [-0.2, -0.15) is 13.9 Å². The lowest BCUT2D eigenvalue weighted by Gasteiger charge is -2.23. The van der Waals surface area contributed by atoms with Crippen LogP contribution in [0.2, 0.25) is 5.02 Å². The number of amidine groups is 1. The fourth-order valence-corrected chi connectivity index (χ4v) is 6.57. The minimum atomic E-state index is -3.34. The van der Waals surface area contributed by atoms with E-state index in [1.54, 1.807) is 31.3 Å². The average molecular weight is 759 g/mol. The van der Waals surface area contributed by atoms with Crippen molar-refractivity contribution in [3.63, 3.8) is 0 Å². The van der Waals surface area contributed by atoms with E-state index in [0.717, 1.165) is 12.1 Å². The first-order chi connectivity index (χ1) is 24.3. The number of carbonyl (C=O) groups is 1. The predicted molar refractivity (Wildman–Crippen MR) is 192 cm³/mol. The van der Waals surface area contributed by atoms with Gasteiger partial charge in [0.1, 0.15) is 39.8 Å². The molecular weight excluding hydrogens is 724 g/mol. The minimum Gasteiger partial charge on any atom is -0.384 e. The Labute approximate surface area is 304 Å². The summed E-state index contributed by atoms with van der Waals surface area (Å²) in [5.74, 6) is -0.688. The van der Waals surface area contributed by atoms with E-state index < -0.39 is 70.6 Å². The zero-order valence-electron chi connectivity index (χ0n) is 28.4. The van der Waals surface area contributed by atoms with E-state index in [0.29, 0.717) is 28.1 Å². The Morgan fingerprint density at radius 3 is 2.50 bits per heavy atom. The average Bonchev–Trinajstić information content (AvgIpc) is 3.52. The summed E-state index contributed by atoms with van der Waals surface area (Å²) >= 11 is 6.61. The molecule has 5 rings (SSSR count). The number of nitrogens with two attached hydrogens (primary N) is 1. The molecule has 2 aromatic heterocycles. The monoisotopic (exact) mass is 758 g/mol. The molecule has 1 aliphatic carbocycles. The molecule has 1 amide bonds. The second-order valence-electron chi connectivity index (χ2n) is 12.7. The lowest BCUT2D eigenvalue weighted by atomic mass is 9.93. The number of allylic oxidation sites excluding steroid dienone is 1. The second-order valence-corrected chi connectivity index (χ2v) is 14.2. The number of fused-ring (bicyclic) bond motifs is 1. The quantitative estimate of drug-likeness (QED) is 0.0541. The van der Waals surface area contributed by atoms with Gasteiger partial charge in [0.15, 0.2) is 5.82 Å². The molecule has 2 aromatic carbocycles. The van der Waals surface area contributed by atoms with Crippen LogP contribution in [0.5, 0.6) is 0 Å². The van der Waals surface area contributed by atoms with Crippen molar-refractivity contribution in [3.8, 4) is 23.0 Å². The Bertz CT molecular complexity index is 2190. The molecule has 0 aliphatic heterocycles. The third-order valence-electron chi connectivity index (χ3n) is 8.02. The molecule has 52 heavy (non-hydrogen) atoms. The number of pyridine rings is 1. The number of hydrogen-bond acceptors (Lipinski definition) is 7. The van der Waals surface area contributed by atoms with E-state index in [9.17, 15) is 31.7 Å². The van der Waals surface area contributed by atoms with Gasteiger partial charge in [-0.05, 0) is 68.5 Å². The summed E-state index contributed by atoms with van der Waals surface area (Å²) in [5.41, 5.74) is 5.26. The van der Waals surface area contributed by atoms with Crippen molar-refractivity contribution in [2.75, 3.05) is 17.5 Å². The molecule has 7 N–H and O–H groups in total. The molecule has 11 nitrogen and oxygen atoms in total. The Kier molecular flexibility index (Phi) is 11.0. The van der Waals surface area contributed by atoms with Crippen molar-refractivity contribution < 1.29 is 31.7 Å². The number of nitrogens with zero attached hydrogens (tertiary/aromatic N) is 3. The maximum atomic E-state index is 14.7. The highest BCUT2D eigenvalue weighted by Gasteiger charge is 2.42. The summed E-state index contributed by atoms with van der Waals surface area (Å²) in [5, 5.41) is 28.4. The highest BCUT2D eigenvalue weighted by atomic mass is 35.5. The van der Waals surface area contributed by atoms with Crippen LogP contribution in [0.25, 0.3) is 22.0 Å². The van der Waals surface area contributed by atoms with Crippen molar-refractivity contribution >= 4 is 51.1 Å². The van der Waals surface area contributed by atoms with Crippen LogP contribution in [-0.4, -0.2) is 60.1 Å². The molecule has 4 aromatic rings. The van der Waals surface area contributed by atoms with E-state index in [-0.39, 0.29) is 46.2 Å². The molecule has 2 heterocycles. The van der Waals surface area contributed by atoms with Gasteiger partial charge in [-0.25, -0.2) is 18.0 Å². The number of benzene rings is 2. The summed E-state index contributed by atoms with van der Waals surface area (Å²) in [7, 11) is 0.138. The molecule has 17 heteroatoms. The second kappa shape index (κ2) is 14.9. The topological polar surface area (TPSA) is 171 Å². The van der Waals surface area contributed by atoms with Crippen LogP contribution in [-0.2, 0) is 29.2 Å². The highest BCUT2D eigenvalue weighted by molar-refractivity contribution is 7.85. The Hall–Kier alpha value is -4.98. The zero-order valence-corrected chi connectivity index (χ0v) is 30.0. The fraction of sp³-hybridized carbons (Fsp3) is 0.314. The highest BCUT2D eigenvalue weighted by Crippen LogP contribution is 2.40. The Balaban J connectivity index is 1.67. The summed E-state index contributed by atoms with van der Waals surface area (Å²) < 4.78 is 74.7. The van der Waals surface area contributed by atoms with Crippen LogP contribution in [0, 0.1) is 28.9 Å². The van der Waals surface area contributed by atoms with Crippen LogP contribution in [0.15, 0.2) is 53.7 Å². The van der Waals surface area contributed by atoms with E-state index in [1.807, 2.05) is 0 Å². The number of amides is 1. The lowest BCUT2D eigenvalue weighted by Crippen LogP contribution is -2.40. The number of aryl methyl sites for hydroxylation is 1. The van der Waals surface area contributed by atoms with Gasteiger partial charge in [0, 0.05) is 42.5 Å². The van der Waals surface area contributed by atoms with Gasteiger partial charge in [0.05, 0.1) is 39.9 Å². The first kappa shape index (κ1) is 38.3. The maximum Gasteiger partial charge on any atom is 0.288 e. The SMILES string of the molecule is Cn1nc(NS(C)=O)c2c(Cl)ccc(-c3ccc(C#CC(C)(C)O)nc3C(Cc3cc(F)cc(F)c3)NC(=O)CNC3=C(C(=N)N)CCC3(F)F)c21.